The van der Waals surface area contributed by atoms with Gasteiger partial charge in [0.15, 0.2) is 0 Å². The van der Waals surface area contributed by atoms with Gasteiger partial charge in [0.1, 0.15) is 11.5 Å². The van der Waals surface area contributed by atoms with Gasteiger partial charge in [-0.05, 0) is 30.7 Å². The molecule has 0 amide bonds. The third-order valence-corrected chi connectivity index (χ3v) is 6.04. The molecular weight excluding hydrogens is 374 g/mol. The first-order chi connectivity index (χ1) is 13.5. The highest BCUT2D eigenvalue weighted by Gasteiger charge is 2.15. The molecule has 0 aromatic heterocycles. The summed E-state index contributed by atoms with van der Waals surface area (Å²) in [6.07, 6.45) is 15.9. The molecule has 1 aromatic carbocycles. The Hall–Kier alpha value is -1.27. The van der Waals surface area contributed by atoms with Crippen molar-refractivity contribution in [3.63, 3.8) is 0 Å². The van der Waals surface area contributed by atoms with Gasteiger partial charge >= 0.3 is 10.3 Å². The van der Waals surface area contributed by atoms with Crippen molar-refractivity contribution in [3.8, 4) is 11.5 Å². The third kappa shape index (κ3) is 11.5. The minimum atomic E-state index is -3.71. The fourth-order valence-electron chi connectivity index (χ4n) is 2.92. The van der Waals surface area contributed by atoms with Crippen molar-refractivity contribution in [3.05, 3.63) is 24.3 Å². The van der Waals surface area contributed by atoms with E-state index in [-0.39, 0.29) is 5.75 Å². The van der Waals surface area contributed by atoms with Crippen LogP contribution < -0.4 is 8.92 Å². The first-order valence-electron chi connectivity index (χ1n) is 10.8. The van der Waals surface area contributed by atoms with Crippen LogP contribution in [0.2, 0.25) is 0 Å². The Morgan fingerprint density at radius 1 is 0.714 bits per heavy atom. The van der Waals surface area contributed by atoms with E-state index in [0.717, 1.165) is 16.5 Å². The van der Waals surface area contributed by atoms with Gasteiger partial charge in [0.05, 0.1) is 6.61 Å². The first kappa shape index (κ1) is 24.8. The van der Waals surface area contributed by atoms with Crippen LogP contribution in [-0.2, 0) is 10.3 Å². The van der Waals surface area contributed by atoms with Crippen molar-refractivity contribution in [2.75, 3.05) is 20.7 Å². The van der Waals surface area contributed by atoms with Crippen LogP contribution in [0.5, 0.6) is 11.5 Å². The lowest BCUT2D eigenvalue weighted by Crippen LogP contribution is -2.26. The molecule has 0 saturated carbocycles. The van der Waals surface area contributed by atoms with Crippen LogP contribution in [0, 0.1) is 0 Å². The Morgan fingerprint density at radius 3 is 1.61 bits per heavy atom. The van der Waals surface area contributed by atoms with Gasteiger partial charge in [-0.15, -0.1) is 0 Å². The number of unbranched alkanes of at least 4 members (excludes halogenated alkanes) is 11. The molecule has 0 heterocycles. The highest BCUT2D eigenvalue weighted by Crippen LogP contribution is 2.20. The SMILES string of the molecule is CCCCCCCCCCCCCCOc1ccc(OS(=O)(=O)N(C)C)cc1. The van der Waals surface area contributed by atoms with E-state index in [1.54, 1.807) is 24.3 Å². The monoisotopic (exact) mass is 413 g/mol. The highest BCUT2D eigenvalue weighted by molar-refractivity contribution is 7.84. The predicted octanol–water partition coefficient (Wildman–Crippen LogP) is 5.95. The van der Waals surface area contributed by atoms with Crippen LogP contribution in [0.3, 0.4) is 0 Å². The Balaban J connectivity index is 2.02. The maximum absolute atomic E-state index is 11.7. The molecule has 0 aliphatic carbocycles. The van der Waals surface area contributed by atoms with Gasteiger partial charge in [-0.1, -0.05) is 77.6 Å². The maximum atomic E-state index is 11.7. The average molecular weight is 414 g/mol. The van der Waals surface area contributed by atoms with Crippen molar-refractivity contribution in [2.45, 2.75) is 84.0 Å². The molecule has 0 spiro atoms. The molecule has 5 nitrogen and oxygen atoms in total. The molecule has 0 atom stereocenters. The Labute approximate surface area is 172 Å². The van der Waals surface area contributed by atoms with Crippen molar-refractivity contribution < 1.29 is 17.3 Å². The van der Waals surface area contributed by atoms with Gasteiger partial charge in [-0.2, -0.15) is 12.7 Å². The van der Waals surface area contributed by atoms with Gasteiger partial charge in [-0.3, -0.25) is 0 Å². The summed E-state index contributed by atoms with van der Waals surface area (Å²) in [7, 11) is -0.849. The normalized spacial score (nSPS) is 11.7. The summed E-state index contributed by atoms with van der Waals surface area (Å²) in [6, 6.07) is 6.69. The predicted molar refractivity (Wildman–Crippen MR) is 116 cm³/mol. The molecule has 28 heavy (non-hydrogen) atoms. The van der Waals surface area contributed by atoms with Crippen LogP contribution in [-0.4, -0.2) is 33.4 Å². The van der Waals surface area contributed by atoms with Crippen molar-refractivity contribution >= 4 is 10.3 Å². The minimum Gasteiger partial charge on any atom is -0.494 e. The molecule has 0 unspecified atom stereocenters. The van der Waals surface area contributed by atoms with Crippen LogP contribution in [0.15, 0.2) is 24.3 Å². The molecule has 0 aliphatic rings. The van der Waals surface area contributed by atoms with Crippen LogP contribution >= 0.6 is 0 Å². The molecule has 1 rings (SSSR count). The molecule has 0 aliphatic heterocycles. The second kappa shape index (κ2) is 14.7. The van der Waals surface area contributed by atoms with Crippen LogP contribution in [0.25, 0.3) is 0 Å². The number of benzene rings is 1. The number of hydrogen-bond acceptors (Lipinski definition) is 4. The summed E-state index contributed by atoms with van der Waals surface area (Å²) in [4.78, 5) is 0. The van der Waals surface area contributed by atoms with E-state index in [1.807, 2.05) is 0 Å². The lowest BCUT2D eigenvalue weighted by molar-refractivity contribution is 0.304. The van der Waals surface area contributed by atoms with Crippen molar-refractivity contribution in [2.24, 2.45) is 0 Å². The topological polar surface area (TPSA) is 55.8 Å². The van der Waals surface area contributed by atoms with Gasteiger partial charge in [0.2, 0.25) is 0 Å². The zero-order valence-electron chi connectivity index (χ0n) is 18.0. The molecule has 1 aromatic rings. The second-order valence-electron chi connectivity index (χ2n) is 7.53. The molecule has 0 bridgehead atoms. The Bertz CT molecular complexity index is 599. The van der Waals surface area contributed by atoms with Gasteiger partial charge in [0.25, 0.3) is 0 Å². The number of nitrogens with zero attached hydrogens (tertiary/aromatic N) is 1. The van der Waals surface area contributed by atoms with Gasteiger partial charge < -0.3 is 8.92 Å². The Kier molecular flexibility index (Phi) is 13.0. The fraction of sp³-hybridized carbons (Fsp3) is 0.727. The summed E-state index contributed by atoms with van der Waals surface area (Å²) in [5.74, 6) is 1.02. The van der Waals surface area contributed by atoms with E-state index >= 15 is 0 Å². The van der Waals surface area contributed by atoms with E-state index in [1.165, 1.54) is 84.7 Å². The average Bonchev–Trinajstić information content (AvgIpc) is 2.66. The first-order valence-corrected chi connectivity index (χ1v) is 12.2. The van der Waals surface area contributed by atoms with E-state index in [0.29, 0.717) is 6.61 Å². The fourth-order valence-corrected chi connectivity index (χ4v) is 3.42. The zero-order valence-corrected chi connectivity index (χ0v) is 18.8. The lowest BCUT2D eigenvalue weighted by atomic mass is 10.1. The molecule has 162 valence electrons. The summed E-state index contributed by atoms with van der Waals surface area (Å²) in [6.45, 7) is 2.95. The molecule has 6 heteroatoms. The molecule has 0 radical (unpaired) electrons. The van der Waals surface area contributed by atoms with E-state index < -0.39 is 10.3 Å². The summed E-state index contributed by atoms with van der Waals surface area (Å²) >= 11 is 0. The number of ether oxygens (including phenoxy) is 1. The largest absolute Gasteiger partial charge is 0.494 e. The smallest absolute Gasteiger partial charge is 0.384 e. The summed E-state index contributed by atoms with van der Waals surface area (Å²) < 4.78 is 35.1. The number of hydrogen-bond donors (Lipinski definition) is 0. The molecule has 0 N–H and O–H groups in total. The third-order valence-electron chi connectivity index (χ3n) is 4.74. The van der Waals surface area contributed by atoms with Crippen molar-refractivity contribution in [1.29, 1.82) is 0 Å². The van der Waals surface area contributed by atoms with Crippen LogP contribution in [0.4, 0.5) is 0 Å². The second-order valence-corrected chi connectivity index (χ2v) is 9.28. The maximum Gasteiger partial charge on any atom is 0.384 e. The van der Waals surface area contributed by atoms with Crippen LogP contribution in [0.1, 0.15) is 84.0 Å². The molecule has 0 saturated heterocycles. The number of rotatable bonds is 17. The van der Waals surface area contributed by atoms with Crippen molar-refractivity contribution in [1.82, 2.24) is 4.31 Å². The summed E-state index contributed by atoms with van der Waals surface area (Å²) in [5.41, 5.74) is 0. The minimum absolute atomic E-state index is 0.284. The lowest BCUT2D eigenvalue weighted by Gasteiger charge is -2.12. The van der Waals surface area contributed by atoms with Gasteiger partial charge in [0, 0.05) is 14.1 Å². The van der Waals surface area contributed by atoms with E-state index in [9.17, 15) is 8.42 Å². The molecular formula is C22H39NO4S. The van der Waals surface area contributed by atoms with Gasteiger partial charge in [-0.25, -0.2) is 0 Å². The quantitative estimate of drug-likeness (QED) is 0.296. The summed E-state index contributed by atoms with van der Waals surface area (Å²) in [5, 5.41) is 0. The molecule has 0 fully saturated rings. The standard InChI is InChI=1S/C22H39NO4S/c1-4-5-6-7-8-9-10-11-12-13-14-15-20-26-21-16-18-22(19-17-21)27-28(24,25)23(2)3/h16-19H,4-15,20H2,1-3H3. The van der Waals surface area contributed by atoms with E-state index in [2.05, 4.69) is 6.92 Å². The highest BCUT2D eigenvalue weighted by atomic mass is 32.2. The zero-order chi connectivity index (χ0) is 20.7. The Morgan fingerprint density at radius 2 is 1.14 bits per heavy atom. The van der Waals surface area contributed by atoms with E-state index in [4.69, 9.17) is 8.92 Å².